The van der Waals surface area contributed by atoms with Gasteiger partial charge in [-0.2, -0.15) is 0 Å². The minimum atomic E-state index is -0.951. The number of anilines is 1. The lowest BCUT2D eigenvalue weighted by atomic mass is 10.0. The Morgan fingerprint density at radius 1 is 1.42 bits per heavy atom. The number of fused-ring (bicyclic) bond motifs is 1. The second-order valence-electron chi connectivity index (χ2n) is 4.62. The zero-order valence-corrected chi connectivity index (χ0v) is 11.3. The number of nitrogens with two attached hydrogens (primary N) is 1. The van der Waals surface area contributed by atoms with Crippen molar-refractivity contribution in [2.75, 3.05) is 5.32 Å². The molecular formula is C12H17N3O3S. The van der Waals surface area contributed by atoms with Crippen LogP contribution in [0.1, 0.15) is 36.3 Å². The molecule has 0 aliphatic heterocycles. The fourth-order valence-electron chi connectivity index (χ4n) is 2.01. The fraction of sp³-hybridized carbons (Fsp3) is 0.583. The third-order valence-electron chi connectivity index (χ3n) is 3.08. The van der Waals surface area contributed by atoms with E-state index in [0.717, 1.165) is 25.0 Å². The van der Waals surface area contributed by atoms with Gasteiger partial charge in [-0.1, -0.05) is 0 Å². The smallest absolute Gasteiger partial charge is 0.303 e. The summed E-state index contributed by atoms with van der Waals surface area (Å²) in [6, 6.07) is -0.808. The van der Waals surface area contributed by atoms with Crippen LogP contribution in [-0.4, -0.2) is 28.0 Å². The molecule has 104 valence electrons. The Morgan fingerprint density at radius 3 is 2.84 bits per heavy atom. The summed E-state index contributed by atoms with van der Waals surface area (Å²) in [6.45, 7) is 0. The van der Waals surface area contributed by atoms with Gasteiger partial charge in [-0.3, -0.25) is 9.59 Å². The summed E-state index contributed by atoms with van der Waals surface area (Å²) in [5.41, 5.74) is 6.71. The Labute approximate surface area is 115 Å². The molecule has 1 unspecified atom stereocenters. The van der Waals surface area contributed by atoms with Crippen LogP contribution in [0.3, 0.4) is 0 Å². The summed E-state index contributed by atoms with van der Waals surface area (Å²) in [6.07, 6.45) is 4.32. The summed E-state index contributed by atoms with van der Waals surface area (Å²) < 4.78 is 0. The number of carboxylic acid groups (broad SMARTS) is 1. The molecular weight excluding hydrogens is 266 g/mol. The molecule has 1 atom stereocenters. The van der Waals surface area contributed by atoms with Crippen molar-refractivity contribution in [3.8, 4) is 0 Å². The van der Waals surface area contributed by atoms with Crippen LogP contribution in [-0.2, 0) is 22.4 Å². The fourth-order valence-corrected chi connectivity index (χ4v) is 3.07. The molecule has 0 fully saturated rings. The summed E-state index contributed by atoms with van der Waals surface area (Å²) in [5, 5.41) is 11.8. The number of thiazole rings is 1. The number of hydrogen-bond donors (Lipinski definition) is 3. The van der Waals surface area contributed by atoms with Crippen LogP contribution in [0.15, 0.2) is 0 Å². The normalized spacial score (nSPS) is 15.6. The van der Waals surface area contributed by atoms with Gasteiger partial charge in [0.1, 0.15) is 0 Å². The molecule has 0 saturated heterocycles. The second kappa shape index (κ2) is 6.12. The maximum atomic E-state index is 11.8. The molecule has 0 spiro atoms. The van der Waals surface area contributed by atoms with Gasteiger partial charge in [-0.05, 0) is 32.1 Å². The van der Waals surface area contributed by atoms with E-state index in [0.29, 0.717) is 5.13 Å². The van der Waals surface area contributed by atoms with E-state index in [4.69, 9.17) is 10.8 Å². The minimum absolute atomic E-state index is 0.108. The number of amides is 1. The summed E-state index contributed by atoms with van der Waals surface area (Å²) in [4.78, 5) is 27.8. The van der Waals surface area contributed by atoms with E-state index in [2.05, 4.69) is 10.3 Å². The first kappa shape index (κ1) is 14.0. The lowest BCUT2D eigenvalue weighted by molar-refractivity contribution is -0.137. The number of aromatic nitrogens is 1. The van der Waals surface area contributed by atoms with E-state index in [-0.39, 0.29) is 18.7 Å². The second-order valence-corrected chi connectivity index (χ2v) is 5.71. The number of nitrogens with zero attached hydrogens (tertiary/aromatic N) is 1. The van der Waals surface area contributed by atoms with Crippen LogP contribution in [0.2, 0.25) is 0 Å². The van der Waals surface area contributed by atoms with Crippen molar-refractivity contribution in [2.45, 2.75) is 44.6 Å². The van der Waals surface area contributed by atoms with E-state index in [1.54, 1.807) is 0 Å². The largest absolute Gasteiger partial charge is 0.481 e. The first-order valence-electron chi connectivity index (χ1n) is 6.33. The number of carbonyl (C=O) groups is 2. The topological polar surface area (TPSA) is 105 Å². The number of aryl methyl sites for hydroxylation is 2. The first-order valence-corrected chi connectivity index (χ1v) is 7.14. The average Bonchev–Trinajstić information content (AvgIpc) is 2.77. The summed E-state index contributed by atoms with van der Waals surface area (Å²) in [7, 11) is 0. The molecule has 1 amide bonds. The third kappa shape index (κ3) is 3.74. The minimum Gasteiger partial charge on any atom is -0.481 e. The van der Waals surface area contributed by atoms with Crippen molar-refractivity contribution < 1.29 is 14.7 Å². The summed E-state index contributed by atoms with van der Waals surface area (Å²) in [5.74, 6) is -1.32. The Hall–Kier alpha value is -1.47. The van der Waals surface area contributed by atoms with Gasteiger partial charge in [0.25, 0.3) is 0 Å². The zero-order valence-electron chi connectivity index (χ0n) is 10.5. The van der Waals surface area contributed by atoms with Crippen molar-refractivity contribution in [1.29, 1.82) is 0 Å². The highest BCUT2D eigenvalue weighted by Gasteiger charge is 2.19. The number of hydrogen-bond acceptors (Lipinski definition) is 5. The van der Waals surface area contributed by atoms with E-state index in [1.165, 1.54) is 22.6 Å². The van der Waals surface area contributed by atoms with E-state index in [1.807, 2.05) is 0 Å². The summed E-state index contributed by atoms with van der Waals surface area (Å²) >= 11 is 1.49. The van der Waals surface area contributed by atoms with Gasteiger partial charge in [-0.25, -0.2) is 4.98 Å². The van der Waals surface area contributed by atoms with Crippen molar-refractivity contribution in [2.24, 2.45) is 5.73 Å². The van der Waals surface area contributed by atoms with Gasteiger partial charge >= 0.3 is 5.97 Å². The predicted octanol–water partition coefficient (Wildman–Crippen LogP) is 1.15. The molecule has 0 radical (unpaired) electrons. The molecule has 6 nitrogen and oxygen atoms in total. The Kier molecular flexibility index (Phi) is 4.49. The predicted molar refractivity (Wildman–Crippen MR) is 72.2 cm³/mol. The van der Waals surface area contributed by atoms with Crippen molar-refractivity contribution in [3.63, 3.8) is 0 Å². The van der Waals surface area contributed by atoms with Crippen molar-refractivity contribution >= 4 is 28.3 Å². The van der Waals surface area contributed by atoms with Gasteiger partial charge in [0.2, 0.25) is 5.91 Å². The Balaban J connectivity index is 1.91. The number of nitrogens with one attached hydrogen (secondary N) is 1. The van der Waals surface area contributed by atoms with E-state index < -0.39 is 12.0 Å². The van der Waals surface area contributed by atoms with Gasteiger partial charge in [0, 0.05) is 11.3 Å². The number of carboxylic acids is 1. The van der Waals surface area contributed by atoms with Gasteiger partial charge in [0.05, 0.1) is 11.7 Å². The van der Waals surface area contributed by atoms with Crippen LogP contribution < -0.4 is 11.1 Å². The molecule has 2 rings (SSSR count). The molecule has 19 heavy (non-hydrogen) atoms. The lowest BCUT2D eigenvalue weighted by Gasteiger charge is -2.08. The van der Waals surface area contributed by atoms with E-state index in [9.17, 15) is 9.59 Å². The monoisotopic (exact) mass is 283 g/mol. The SMILES string of the molecule is NC(CCC(=O)O)C(=O)Nc1nc2c(s1)CCCC2. The van der Waals surface area contributed by atoms with Gasteiger partial charge in [0.15, 0.2) is 5.13 Å². The highest BCUT2D eigenvalue weighted by Crippen LogP contribution is 2.29. The van der Waals surface area contributed by atoms with Crippen LogP contribution in [0.5, 0.6) is 0 Å². The van der Waals surface area contributed by atoms with Gasteiger partial charge in [-0.15, -0.1) is 11.3 Å². The molecule has 4 N–H and O–H groups in total. The van der Waals surface area contributed by atoms with Crippen molar-refractivity contribution in [1.82, 2.24) is 4.98 Å². The molecule has 1 aliphatic rings. The molecule has 0 aromatic carbocycles. The van der Waals surface area contributed by atoms with E-state index >= 15 is 0 Å². The maximum Gasteiger partial charge on any atom is 0.303 e. The molecule has 7 heteroatoms. The maximum absolute atomic E-state index is 11.8. The van der Waals surface area contributed by atoms with Crippen LogP contribution in [0.25, 0.3) is 0 Å². The standard InChI is InChI=1S/C12H17N3O3S/c13-7(5-6-10(16)17)11(18)15-12-14-8-3-1-2-4-9(8)19-12/h7H,1-6,13H2,(H,16,17)(H,14,15,18). The zero-order chi connectivity index (χ0) is 13.8. The highest BCUT2D eigenvalue weighted by molar-refractivity contribution is 7.15. The number of carbonyl (C=O) groups excluding carboxylic acids is 1. The Morgan fingerprint density at radius 2 is 2.16 bits per heavy atom. The van der Waals surface area contributed by atoms with Crippen LogP contribution in [0, 0.1) is 0 Å². The Bertz CT molecular complexity index is 463. The number of aliphatic carboxylic acids is 1. The van der Waals surface area contributed by atoms with Gasteiger partial charge < -0.3 is 16.2 Å². The first-order chi connectivity index (χ1) is 9.06. The molecule has 0 saturated carbocycles. The average molecular weight is 283 g/mol. The quantitative estimate of drug-likeness (QED) is 0.751. The molecule has 1 aromatic rings. The third-order valence-corrected chi connectivity index (χ3v) is 4.15. The lowest BCUT2D eigenvalue weighted by Crippen LogP contribution is -2.36. The number of rotatable bonds is 5. The molecule has 1 aromatic heterocycles. The van der Waals surface area contributed by atoms with Crippen LogP contribution in [0.4, 0.5) is 5.13 Å². The van der Waals surface area contributed by atoms with Crippen molar-refractivity contribution in [3.05, 3.63) is 10.6 Å². The van der Waals surface area contributed by atoms with Crippen LogP contribution >= 0.6 is 11.3 Å². The molecule has 1 aliphatic carbocycles. The highest BCUT2D eigenvalue weighted by atomic mass is 32.1. The molecule has 1 heterocycles. The molecule has 0 bridgehead atoms.